The number of hydrogen-bond donors (Lipinski definition) is 0. The van der Waals surface area contributed by atoms with Gasteiger partial charge in [-0.1, -0.05) is 72.8 Å². The molecule has 0 bridgehead atoms. The Balaban J connectivity index is 1.98. The van der Waals surface area contributed by atoms with E-state index in [1.807, 2.05) is 24.3 Å². The molecule has 0 aliphatic rings. The molecular formula is C20H18O. The number of allylic oxidation sites excluding steroid dienone is 1. The second kappa shape index (κ2) is 6.27. The van der Waals surface area contributed by atoms with Crippen LogP contribution < -0.4 is 4.74 Å². The van der Waals surface area contributed by atoms with E-state index in [1.54, 1.807) is 0 Å². The number of ether oxygens (including phenoxy) is 1. The van der Waals surface area contributed by atoms with Crippen LogP contribution in [0.15, 0.2) is 79.4 Å². The molecule has 3 rings (SSSR count). The van der Waals surface area contributed by atoms with Crippen molar-refractivity contribution < 1.29 is 4.74 Å². The summed E-state index contributed by atoms with van der Waals surface area (Å²) in [7, 11) is 0. The second-order valence-electron chi connectivity index (χ2n) is 5.04. The maximum atomic E-state index is 6.14. The Morgan fingerprint density at radius 1 is 0.857 bits per heavy atom. The van der Waals surface area contributed by atoms with Crippen LogP contribution in [-0.2, 0) is 13.0 Å². The molecule has 0 heterocycles. The summed E-state index contributed by atoms with van der Waals surface area (Å²) in [5.74, 6) is 0.969. The van der Waals surface area contributed by atoms with Crippen molar-refractivity contribution in [1.82, 2.24) is 0 Å². The van der Waals surface area contributed by atoms with E-state index in [9.17, 15) is 0 Å². The molecule has 0 N–H and O–H groups in total. The molecule has 0 atom stereocenters. The van der Waals surface area contributed by atoms with Gasteiger partial charge in [0, 0.05) is 5.39 Å². The molecular weight excluding hydrogens is 256 g/mol. The minimum atomic E-state index is 0.582. The molecule has 0 unspecified atom stereocenters. The van der Waals surface area contributed by atoms with E-state index >= 15 is 0 Å². The van der Waals surface area contributed by atoms with Gasteiger partial charge in [0.1, 0.15) is 12.4 Å². The Morgan fingerprint density at radius 2 is 1.62 bits per heavy atom. The number of benzene rings is 3. The molecule has 104 valence electrons. The number of rotatable bonds is 5. The van der Waals surface area contributed by atoms with Crippen LogP contribution in [0.4, 0.5) is 0 Å². The van der Waals surface area contributed by atoms with E-state index in [0.717, 1.165) is 17.6 Å². The molecule has 0 aliphatic carbocycles. The van der Waals surface area contributed by atoms with Gasteiger partial charge < -0.3 is 4.74 Å². The lowest BCUT2D eigenvalue weighted by atomic mass is 10.0. The first kappa shape index (κ1) is 13.4. The zero-order valence-corrected chi connectivity index (χ0v) is 12.0. The van der Waals surface area contributed by atoms with Crippen molar-refractivity contribution in [1.29, 1.82) is 0 Å². The van der Waals surface area contributed by atoms with Crippen LogP contribution in [0.25, 0.3) is 10.8 Å². The van der Waals surface area contributed by atoms with Gasteiger partial charge in [-0.2, -0.15) is 0 Å². The second-order valence-corrected chi connectivity index (χ2v) is 5.04. The average molecular weight is 274 g/mol. The Kier molecular flexibility index (Phi) is 4.02. The lowest BCUT2D eigenvalue weighted by molar-refractivity contribution is 0.307. The van der Waals surface area contributed by atoms with Gasteiger partial charge in [0.05, 0.1) is 0 Å². The van der Waals surface area contributed by atoms with Crippen molar-refractivity contribution in [2.75, 3.05) is 0 Å². The highest BCUT2D eigenvalue weighted by Gasteiger charge is 2.08. The fourth-order valence-corrected chi connectivity index (χ4v) is 2.50. The van der Waals surface area contributed by atoms with E-state index in [4.69, 9.17) is 4.74 Å². The number of fused-ring (bicyclic) bond motifs is 1. The van der Waals surface area contributed by atoms with E-state index in [1.165, 1.54) is 16.5 Å². The lowest BCUT2D eigenvalue weighted by Crippen LogP contribution is -1.99. The topological polar surface area (TPSA) is 9.23 Å². The van der Waals surface area contributed by atoms with Crippen LogP contribution in [-0.4, -0.2) is 0 Å². The van der Waals surface area contributed by atoms with Crippen LogP contribution in [0.2, 0.25) is 0 Å². The van der Waals surface area contributed by atoms with Crippen molar-refractivity contribution in [3.63, 3.8) is 0 Å². The first-order chi connectivity index (χ1) is 10.4. The Bertz CT molecular complexity index is 744. The van der Waals surface area contributed by atoms with E-state index < -0.39 is 0 Å². The molecule has 3 aromatic rings. The minimum Gasteiger partial charge on any atom is -0.488 e. The van der Waals surface area contributed by atoms with Crippen molar-refractivity contribution in [3.05, 3.63) is 90.5 Å². The normalized spacial score (nSPS) is 10.5. The maximum Gasteiger partial charge on any atom is 0.131 e. The van der Waals surface area contributed by atoms with Gasteiger partial charge in [-0.3, -0.25) is 0 Å². The maximum absolute atomic E-state index is 6.14. The van der Waals surface area contributed by atoms with E-state index in [0.29, 0.717) is 6.61 Å². The monoisotopic (exact) mass is 274 g/mol. The van der Waals surface area contributed by atoms with Crippen LogP contribution in [0.5, 0.6) is 5.75 Å². The van der Waals surface area contributed by atoms with Crippen molar-refractivity contribution in [3.8, 4) is 5.75 Å². The SMILES string of the molecule is C=CCc1ccc2ccccc2c1OCc1ccccc1. The highest BCUT2D eigenvalue weighted by molar-refractivity contribution is 5.89. The van der Waals surface area contributed by atoms with Gasteiger partial charge in [0.2, 0.25) is 0 Å². The molecule has 0 fully saturated rings. The zero-order valence-electron chi connectivity index (χ0n) is 12.0. The van der Waals surface area contributed by atoms with Crippen molar-refractivity contribution in [2.24, 2.45) is 0 Å². The predicted molar refractivity (Wildman–Crippen MR) is 88.6 cm³/mol. The van der Waals surface area contributed by atoms with Crippen molar-refractivity contribution in [2.45, 2.75) is 13.0 Å². The Labute approximate surface area is 125 Å². The molecule has 21 heavy (non-hydrogen) atoms. The average Bonchev–Trinajstić information content (AvgIpc) is 2.55. The lowest BCUT2D eigenvalue weighted by Gasteiger charge is -2.14. The smallest absolute Gasteiger partial charge is 0.131 e. The minimum absolute atomic E-state index is 0.582. The molecule has 0 saturated heterocycles. The Hall–Kier alpha value is -2.54. The van der Waals surface area contributed by atoms with Gasteiger partial charge in [-0.05, 0) is 22.9 Å². The summed E-state index contributed by atoms with van der Waals surface area (Å²) in [6.07, 6.45) is 2.73. The summed E-state index contributed by atoms with van der Waals surface area (Å²) in [4.78, 5) is 0. The fourth-order valence-electron chi connectivity index (χ4n) is 2.50. The largest absolute Gasteiger partial charge is 0.488 e. The standard InChI is InChI=1S/C20H18O/c1-2-8-18-14-13-17-11-6-7-12-19(17)20(18)21-15-16-9-4-3-5-10-16/h2-7,9-14H,1,8,15H2. The third-order valence-electron chi connectivity index (χ3n) is 3.55. The summed E-state index contributed by atoms with van der Waals surface area (Å²) < 4.78 is 6.14. The molecule has 3 aromatic carbocycles. The van der Waals surface area contributed by atoms with Gasteiger partial charge >= 0.3 is 0 Å². The summed E-state index contributed by atoms with van der Waals surface area (Å²) in [5, 5.41) is 2.36. The quantitative estimate of drug-likeness (QED) is 0.585. The summed E-state index contributed by atoms with van der Waals surface area (Å²) in [5.41, 5.74) is 2.36. The third-order valence-corrected chi connectivity index (χ3v) is 3.55. The zero-order chi connectivity index (χ0) is 14.5. The van der Waals surface area contributed by atoms with Crippen LogP contribution >= 0.6 is 0 Å². The molecule has 0 amide bonds. The summed E-state index contributed by atoms with van der Waals surface area (Å²) in [6, 6.07) is 22.9. The molecule has 0 saturated carbocycles. The van der Waals surface area contributed by atoms with Crippen LogP contribution in [0.3, 0.4) is 0 Å². The fraction of sp³-hybridized carbons (Fsp3) is 0.100. The van der Waals surface area contributed by atoms with Gasteiger partial charge in [0.25, 0.3) is 0 Å². The van der Waals surface area contributed by atoms with E-state index in [-0.39, 0.29) is 0 Å². The summed E-state index contributed by atoms with van der Waals surface area (Å²) >= 11 is 0. The van der Waals surface area contributed by atoms with Gasteiger partial charge in [0.15, 0.2) is 0 Å². The molecule has 1 heteroatoms. The number of hydrogen-bond acceptors (Lipinski definition) is 1. The van der Waals surface area contributed by atoms with Gasteiger partial charge in [-0.15, -0.1) is 6.58 Å². The molecule has 0 radical (unpaired) electrons. The molecule has 0 spiro atoms. The first-order valence-electron chi connectivity index (χ1n) is 7.17. The van der Waals surface area contributed by atoms with Gasteiger partial charge in [-0.25, -0.2) is 0 Å². The van der Waals surface area contributed by atoms with E-state index in [2.05, 4.69) is 55.1 Å². The van der Waals surface area contributed by atoms with Crippen molar-refractivity contribution >= 4 is 10.8 Å². The third kappa shape index (κ3) is 2.97. The first-order valence-corrected chi connectivity index (χ1v) is 7.17. The highest BCUT2D eigenvalue weighted by Crippen LogP contribution is 2.31. The van der Waals surface area contributed by atoms with Crippen LogP contribution in [0.1, 0.15) is 11.1 Å². The molecule has 1 nitrogen and oxygen atoms in total. The predicted octanol–water partition coefficient (Wildman–Crippen LogP) is 5.15. The molecule has 0 aromatic heterocycles. The molecule has 0 aliphatic heterocycles. The van der Waals surface area contributed by atoms with Crippen LogP contribution in [0, 0.1) is 0 Å². The highest BCUT2D eigenvalue weighted by atomic mass is 16.5. The Morgan fingerprint density at radius 3 is 2.43 bits per heavy atom. The summed E-state index contributed by atoms with van der Waals surface area (Å²) in [6.45, 7) is 4.42.